The number of rotatable bonds is 7. The molecule has 0 heterocycles. The highest BCUT2D eigenvalue weighted by atomic mass is 79.9. The van der Waals surface area contributed by atoms with Crippen molar-refractivity contribution in [2.45, 2.75) is 6.54 Å². The zero-order valence-electron chi connectivity index (χ0n) is 14.3. The van der Waals surface area contributed by atoms with Crippen LogP contribution in [-0.2, 0) is 20.8 Å². The fourth-order valence-corrected chi connectivity index (χ4v) is 2.49. The van der Waals surface area contributed by atoms with Gasteiger partial charge in [0.25, 0.3) is 0 Å². The number of hydrogen-bond donors (Lipinski definition) is 1. The van der Waals surface area contributed by atoms with Gasteiger partial charge >= 0.3 is 11.9 Å². The number of halogens is 1. The van der Waals surface area contributed by atoms with Crippen molar-refractivity contribution >= 4 is 27.9 Å². The van der Waals surface area contributed by atoms with Crippen molar-refractivity contribution in [3.05, 3.63) is 76.1 Å². The Bertz CT molecular complexity index is 805. The fraction of sp³-hybridized carbons (Fsp3) is 0.158. The first-order valence-electron chi connectivity index (χ1n) is 7.66. The van der Waals surface area contributed by atoms with E-state index >= 15 is 0 Å². The molecule has 26 heavy (non-hydrogen) atoms. The maximum absolute atomic E-state index is 11.9. The lowest BCUT2D eigenvalue weighted by molar-refractivity contribution is -0.138. The SMILES string of the molecule is COC(=O)/C(=C\NCc1ccccc1)Oc1ccc(C(=O)OC)cc1Br. The third-order valence-electron chi connectivity index (χ3n) is 3.34. The van der Waals surface area contributed by atoms with Crippen LogP contribution in [-0.4, -0.2) is 26.2 Å². The molecule has 136 valence electrons. The van der Waals surface area contributed by atoms with Crippen molar-refractivity contribution < 1.29 is 23.8 Å². The molecule has 0 aliphatic heterocycles. The van der Waals surface area contributed by atoms with Gasteiger partial charge in [0, 0.05) is 12.7 Å². The molecule has 0 spiro atoms. The van der Waals surface area contributed by atoms with Crippen LogP contribution >= 0.6 is 15.9 Å². The molecule has 2 aromatic rings. The summed E-state index contributed by atoms with van der Waals surface area (Å²) >= 11 is 3.32. The predicted octanol–water partition coefficient (Wildman–Crippen LogP) is 3.42. The lowest BCUT2D eigenvalue weighted by Crippen LogP contribution is -2.16. The molecule has 1 N–H and O–H groups in total. The smallest absolute Gasteiger partial charge is 0.375 e. The summed E-state index contributed by atoms with van der Waals surface area (Å²) in [5.74, 6) is -0.759. The van der Waals surface area contributed by atoms with Crippen molar-refractivity contribution in [1.82, 2.24) is 5.32 Å². The summed E-state index contributed by atoms with van der Waals surface area (Å²) in [5, 5.41) is 3.02. The number of hydrogen-bond acceptors (Lipinski definition) is 6. The van der Waals surface area contributed by atoms with Crippen molar-refractivity contribution in [1.29, 1.82) is 0 Å². The molecule has 2 aromatic carbocycles. The summed E-state index contributed by atoms with van der Waals surface area (Å²) in [4.78, 5) is 23.5. The Morgan fingerprint density at radius 2 is 1.81 bits per heavy atom. The number of esters is 2. The number of methoxy groups -OCH3 is 2. The van der Waals surface area contributed by atoms with Gasteiger partial charge in [-0.05, 0) is 39.7 Å². The minimum Gasteiger partial charge on any atom is -0.465 e. The molecule has 7 heteroatoms. The number of nitrogens with one attached hydrogen (secondary N) is 1. The largest absolute Gasteiger partial charge is 0.465 e. The van der Waals surface area contributed by atoms with Crippen LogP contribution in [0.3, 0.4) is 0 Å². The second kappa shape index (κ2) is 9.62. The Balaban J connectivity index is 2.13. The molecular weight excluding hydrogens is 402 g/mol. The van der Waals surface area contributed by atoms with E-state index in [-0.39, 0.29) is 5.76 Å². The zero-order chi connectivity index (χ0) is 18.9. The van der Waals surface area contributed by atoms with E-state index in [9.17, 15) is 9.59 Å². The third-order valence-corrected chi connectivity index (χ3v) is 3.96. The van der Waals surface area contributed by atoms with Gasteiger partial charge in [-0.25, -0.2) is 9.59 Å². The summed E-state index contributed by atoms with van der Waals surface area (Å²) in [7, 11) is 2.57. The second-order valence-corrected chi connectivity index (χ2v) is 5.96. The van der Waals surface area contributed by atoms with Crippen LogP contribution < -0.4 is 10.1 Å². The molecule has 0 saturated carbocycles. The lowest BCUT2D eigenvalue weighted by Gasteiger charge is -2.11. The highest BCUT2D eigenvalue weighted by Crippen LogP contribution is 2.28. The number of carbonyl (C=O) groups excluding carboxylic acids is 2. The summed E-state index contributed by atoms with van der Waals surface area (Å²) in [6.45, 7) is 0.521. The molecule has 0 bridgehead atoms. The Kier molecular flexibility index (Phi) is 7.23. The topological polar surface area (TPSA) is 73.9 Å². The molecule has 0 fully saturated rings. The van der Waals surface area contributed by atoms with Crippen molar-refractivity contribution in [2.24, 2.45) is 0 Å². The zero-order valence-corrected chi connectivity index (χ0v) is 15.9. The molecule has 6 nitrogen and oxygen atoms in total. The van der Waals surface area contributed by atoms with Gasteiger partial charge in [-0.15, -0.1) is 0 Å². The minimum absolute atomic E-state index is 0.0186. The quantitative estimate of drug-likeness (QED) is 0.421. The van der Waals surface area contributed by atoms with E-state index in [0.717, 1.165) is 5.56 Å². The van der Waals surface area contributed by atoms with Gasteiger partial charge in [-0.3, -0.25) is 0 Å². The molecule has 2 rings (SSSR count). The average molecular weight is 420 g/mol. The van der Waals surface area contributed by atoms with Crippen LogP contribution in [0.5, 0.6) is 5.75 Å². The van der Waals surface area contributed by atoms with E-state index in [1.807, 2.05) is 30.3 Å². The molecule has 0 aliphatic rings. The van der Waals surface area contributed by atoms with E-state index in [1.54, 1.807) is 12.1 Å². The molecule has 0 saturated heterocycles. The predicted molar refractivity (Wildman–Crippen MR) is 99.5 cm³/mol. The normalized spacial score (nSPS) is 10.8. The molecule has 0 amide bonds. The summed E-state index contributed by atoms with van der Waals surface area (Å²) in [6, 6.07) is 14.4. The molecule has 0 aliphatic carbocycles. The molecule has 0 atom stereocenters. The lowest BCUT2D eigenvalue weighted by atomic mass is 10.2. The summed E-state index contributed by atoms with van der Waals surface area (Å²) in [6.07, 6.45) is 1.44. The van der Waals surface area contributed by atoms with Gasteiger partial charge < -0.3 is 19.5 Å². The molecular formula is C19H18BrNO5. The van der Waals surface area contributed by atoms with Crippen LogP contribution in [0.2, 0.25) is 0 Å². The van der Waals surface area contributed by atoms with Crippen LogP contribution in [0, 0.1) is 0 Å². The van der Waals surface area contributed by atoms with Crippen LogP contribution in [0.15, 0.2) is 65.0 Å². The Morgan fingerprint density at radius 3 is 2.42 bits per heavy atom. The minimum atomic E-state index is -0.630. The Morgan fingerprint density at radius 1 is 1.08 bits per heavy atom. The summed E-state index contributed by atoms with van der Waals surface area (Å²) in [5.41, 5.74) is 1.41. The van der Waals surface area contributed by atoms with E-state index < -0.39 is 11.9 Å². The van der Waals surface area contributed by atoms with Crippen LogP contribution in [0.1, 0.15) is 15.9 Å². The first-order chi connectivity index (χ1) is 12.5. The molecule has 0 radical (unpaired) electrons. The first kappa shape index (κ1) is 19.5. The van der Waals surface area contributed by atoms with Crippen molar-refractivity contribution in [2.75, 3.05) is 14.2 Å². The molecule has 0 unspecified atom stereocenters. The van der Waals surface area contributed by atoms with Crippen molar-refractivity contribution in [3.63, 3.8) is 0 Å². The van der Waals surface area contributed by atoms with Crippen molar-refractivity contribution in [3.8, 4) is 5.75 Å². The summed E-state index contributed by atoms with van der Waals surface area (Å²) < 4.78 is 15.5. The monoisotopic (exact) mass is 419 g/mol. The van der Waals surface area contributed by atoms with Gasteiger partial charge in [0.2, 0.25) is 5.76 Å². The maximum atomic E-state index is 11.9. The van der Waals surface area contributed by atoms with Gasteiger partial charge in [-0.1, -0.05) is 30.3 Å². The molecule has 0 aromatic heterocycles. The van der Waals surface area contributed by atoms with Crippen LogP contribution in [0.25, 0.3) is 0 Å². The number of benzene rings is 2. The average Bonchev–Trinajstić information content (AvgIpc) is 2.68. The van der Waals surface area contributed by atoms with Gasteiger partial charge in [0.15, 0.2) is 0 Å². The highest BCUT2D eigenvalue weighted by molar-refractivity contribution is 9.10. The van der Waals surface area contributed by atoms with Gasteiger partial charge in [-0.2, -0.15) is 0 Å². The maximum Gasteiger partial charge on any atom is 0.375 e. The van der Waals surface area contributed by atoms with E-state index in [4.69, 9.17) is 9.47 Å². The Labute approximate surface area is 159 Å². The van der Waals surface area contributed by atoms with Gasteiger partial charge in [0.05, 0.1) is 24.3 Å². The third kappa shape index (κ3) is 5.35. The highest BCUT2D eigenvalue weighted by Gasteiger charge is 2.16. The van der Waals surface area contributed by atoms with Crippen LogP contribution in [0.4, 0.5) is 0 Å². The fourth-order valence-electron chi connectivity index (χ4n) is 2.03. The van der Waals surface area contributed by atoms with E-state index in [1.165, 1.54) is 26.5 Å². The van der Waals surface area contributed by atoms with E-state index in [0.29, 0.717) is 22.3 Å². The second-order valence-electron chi connectivity index (χ2n) is 5.11. The standard InChI is InChI=1S/C19H18BrNO5/c1-24-18(22)14-8-9-16(15(20)10-14)26-17(19(23)25-2)12-21-11-13-6-4-3-5-7-13/h3-10,12,21H,11H2,1-2H3/b17-12+. The van der Waals surface area contributed by atoms with Gasteiger partial charge in [0.1, 0.15) is 5.75 Å². The number of ether oxygens (including phenoxy) is 3. The number of carbonyl (C=O) groups is 2. The first-order valence-corrected chi connectivity index (χ1v) is 8.46. The van der Waals surface area contributed by atoms with E-state index in [2.05, 4.69) is 26.0 Å². The Hall–Kier alpha value is -2.80.